The number of hydrogen-bond donors (Lipinski definition) is 2. The normalized spacial score (nSPS) is 18.4. The van der Waals surface area contributed by atoms with Crippen molar-refractivity contribution in [3.8, 4) is 11.3 Å². The summed E-state index contributed by atoms with van der Waals surface area (Å²) in [6.07, 6.45) is 6.00. The van der Waals surface area contributed by atoms with Gasteiger partial charge in [-0.05, 0) is 57.3 Å². The van der Waals surface area contributed by atoms with Gasteiger partial charge in [0.25, 0.3) is 5.91 Å². The minimum absolute atomic E-state index is 0.0245. The molecule has 7 heteroatoms. The van der Waals surface area contributed by atoms with Crippen LogP contribution in [-0.4, -0.2) is 73.5 Å². The highest BCUT2D eigenvalue weighted by Gasteiger charge is 2.34. The molecule has 0 atom stereocenters. The maximum absolute atomic E-state index is 13.1. The minimum Gasteiger partial charge on any atom is -0.378 e. The van der Waals surface area contributed by atoms with Crippen LogP contribution in [0.1, 0.15) is 42.5 Å². The molecule has 0 spiro atoms. The second-order valence-electron chi connectivity index (χ2n) is 9.84. The van der Waals surface area contributed by atoms with Crippen molar-refractivity contribution in [2.75, 3.05) is 51.8 Å². The number of aromatic amines is 1. The number of H-pyrrole nitrogens is 1. The van der Waals surface area contributed by atoms with Gasteiger partial charge in [-0.25, -0.2) is 0 Å². The molecule has 0 bridgehead atoms. The molecule has 0 radical (unpaired) electrons. The van der Waals surface area contributed by atoms with Crippen molar-refractivity contribution in [1.82, 2.24) is 20.4 Å². The van der Waals surface area contributed by atoms with Gasteiger partial charge in [0.2, 0.25) is 0 Å². The molecule has 1 aliphatic heterocycles. The topological polar surface area (TPSA) is 73.5 Å². The molecule has 34 heavy (non-hydrogen) atoms. The highest BCUT2D eigenvalue weighted by Crippen LogP contribution is 2.32. The van der Waals surface area contributed by atoms with Crippen LogP contribution in [0.4, 0.5) is 5.69 Å². The van der Waals surface area contributed by atoms with E-state index in [1.807, 2.05) is 18.2 Å². The SMILES string of the molecule is CN(C)C1(CNC(=O)c2ccc3[nH]nc(-c4ccc(N5CCOCC5)cc4)c3c2)CCCCC1. The number of likely N-dealkylation sites (N-methyl/N-ethyl adjacent to an activating group) is 1. The van der Waals surface area contributed by atoms with E-state index in [1.54, 1.807) is 0 Å². The fourth-order valence-corrected chi connectivity index (χ4v) is 5.37. The molecule has 180 valence electrons. The first-order chi connectivity index (χ1) is 16.6. The van der Waals surface area contributed by atoms with Gasteiger partial charge in [0.15, 0.2) is 0 Å². The lowest BCUT2D eigenvalue weighted by atomic mass is 9.80. The fraction of sp³-hybridized carbons (Fsp3) is 0.481. The lowest BCUT2D eigenvalue weighted by molar-refractivity contribution is 0.0799. The molecule has 2 aliphatic rings. The number of fused-ring (bicyclic) bond motifs is 1. The average molecular weight is 462 g/mol. The van der Waals surface area contributed by atoms with Crippen LogP contribution in [0, 0.1) is 0 Å². The molecule has 2 N–H and O–H groups in total. The van der Waals surface area contributed by atoms with Crippen molar-refractivity contribution in [3.05, 3.63) is 48.0 Å². The third-order valence-corrected chi connectivity index (χ3v) is 7.65. The molecular formula is C27H35N5O2. The van der Waals surface area contributed by atoms with Gasteiger partial charge in [-0.1, -0.05) is 31.4 Å². The van der Waals surface area contributed by atoms with Crippen molar-refractivity contribution in [3.63, 3.8) is 0 Å². The fourth-order valence-electron chi connectivity index (χ4n) is 5.37. The molecule has 1 aliphatic carbocycles. The van der Waals surface area contributed by atoms with Crippen LogP contribution in [0.15, 0.2) is 42.5 Å². The molecule has 2 heterocycles. The van der Waals surface area contributed by atoms with Crippen LogP contribution in [0.25, 0.3) is 22.2 Å². The second kappa shape index (κ2) is 9.76. The predicted molar refractivity (Wildman–Crippen MR) is 136 cm³/mol. The van der Waals surface area contributed by atoms with Gasteiger partial charge in [-0.3, -0.25) is 9.89 Å². The number of ether oxygens (including phenoxy) is 1. The summed E-state index contributed by atoms with van der Waals surface area (Å²) in [6, 6.07) is 14.3. The number of hydrogen-bond acceptors (Lipinski definition) is 5. The van der Waals surface area contributed by atoms with Crippen LogP contribution in [-0.2, 0) is 4.74 Å². The summed E-state index contributed by atoms with van der Waals surface area (Å²) in [4.78, 5) is 17.7. The lowest BCUT2D eigenvalue weighted by Crippen LogP contribution is -2.53. The van der Waals surface area contributed by atoms with E-state index in [2.05, 4.69) is 63.7 Å². The molecule has 2 fully saturated rings. The summed E-state index contributed by atoms with van der Waals surface area (Å²) >= 11 is 0. The first-order valence-electron chi connectivity index (χ1n) is 12.4. The molecule has 7 nitrogen and oxygen atoms in total. The zero-order valence-corrected chi connectivity index (χ0v) is 20.3. The zero-order chi connectivity index (χ0) is 23.5. The molecule has 2 aromatic carbocycles. The van der Waals surface area contributed by atoms with Gasteiger partial charge in [-0.2, -0.15) is 5.10 Å². The van der Waals surface area contributed by atoms with E-state index in [0.717, 1.165) is 61.3 Å². The number of amides is 1. The summed E-state index contributed by atoms with van der Waals surface area (Å²) in [5.74, 6) is -0.0245. The predicted octanol–water partition coefficient (Wildman–Crippen LogP) is 4.06. The molecule has 1 saturated heterocycles. The Morgan fingerprint density at radius 1 is 1.09 bits per heavy atom. The number of aromatic nitrogens is 2. The molecule has 1 saturated carbocycles. The number of carbonyl (C=O) groups excluding carboxylic acids is 1. The highest BCUT2D eigenvalue weighted by atomic mass is 16.5. The van der Waals surface area contributed by atoms with Gasteiger partial charge in [0, 0.05) is 47.4 Å². The second-order valence-corrected chi connectivity index (χ2v) is 9.84. The third-order valence-electron chi connectivity index (χ3n) is 7.65. The Kier molecular flexibility index (Phi) is 6.57. The van der Waals surface area contributed by atoms with Crippen LogP contribution in [0.2, 0.25) is 0 Å². The molecule has 5 rings (SSSR count). The van der Waals surface area contributed by atoms with Gasteiger partial charge in [-0.15, -0.1) is 0 Å². The van der Waals surface area contributed by atoms with E-state index in [-0.39, 0.29) is 11.4 Å². The van der Waals surface area contributed by atoms with Crippen molar-refractivity contribution in [2.24, 2.45) is 0 Å². The van der Waals surface area contributed by atoms with E-state index < -0.39 is 0 Å². The Labute approximate surface area is 201 Å². The van der Waals surface area contributed by atoms with E-state index in [4.69, 9.17) is 4.74 Å². The highest BCUT2D eigenvalue weighted by molar-refractivity contribution is 6.01. The van der Waals surface area contributed by atoms with Crippen LogP contribution >= 0.6 is 0 Å². The Bertz CT molecular complexity index is 1130. The van der Waals surface area contributed by atoms with Crippen molar-refractivity contribution >= 4 is 22.5 Å². The molecule has 1 aromatic heterocycles. The number of benzene rings is 2. The third kappa shape index (κ3) is 4.55. The van der Waals surface area contributed by atoms with Crippen molar-refractivity contribution < 1.29 is 9.53 Å². The summed E-state index contributed by atoms with van der Waals surface area (Å²) in [7, 11) is 4.26. The number of morpholine rings is 1. The van der Waals surface area contributed by atoms with Crippen molar-refractivity contribution in [1.29, 1.82) is 0 Å². The summed E-state index contributed by atoms with van der Waals surface area (Å²) < 4.78 is 5.46. The quantitative estimate of drug-likeness (QED) is 0.579. The Hall–Kier alpha value is -2.90. The molecule has 0 unspecified atom stereocenters. The lowest BCUT2D eigenvalue weighted by Gasteiger charge is -2.43. The number of carbonyl (C=O) groups is 1. The molecule has 3 aromatic rings. The average Bonchev–Trinajstić information content (AvgIpc) is 3.32. The van der Waals surface area contributed by atoms with Gasteiger partial charge >= 0.3 is 0 Å². The van der Waals surface area contributed by atoms with Crippen LogP contribution in [0.3, 0.4) is 0 Å². The Morgan fingerprint density at radius 3 is 2.53 bits per heavy atom. The number of nitrogens with one attached hydrogen (secondary N) is 2. The maximum Gasteiger partial charge on any atom is 0.251 e. The van der Waals surface area contributed by atoms with Gasteiger partial charge < -0.3 is 19.9 Å². The molecular weight excluding hydrogens is 426 g/mol. The van der Waals surface area contributed by atoms with Crippen LogP contribution in [0.5, 0.6) is 0 Å². The summed E-state index contributed by atoms with van der Waals surface area (Å²) in [6.45, 7) is 4.05. The first kappa shape index (κ1) is 22.9. The maximum atomic E-state index is 13.1. The number of rotatable bonds is 6. The smallest absolute Gasteiger partial charge is 0.251 e. The largest absolute Gasteiger partial charge is 0.378 e. The van der Waals surface area contributed by atoms with E-state index in [0.29, 0.717) is 12.1 Å². The molecule has 1 amide bonds. The van der Waals surface area contributed by atoms with Crippen LogP contribution < -0.4 is 10.2 Å². The monoisotopic (exact) mass is 461 g/mol. The zero-order valence-electron chi connectivity index (χ0n) is 20.3. The number of nitrogens with zero attached hydrogens (tertiary/aromatic N) is 3. The minimum atomic E-state index is -0.0245. The Balaban J connectivity index is 1.34. The first-order valence-corrected chi connectivity index (χ1v) is 12.4. The Morgan fingerprint density at radius 2 is 1.82 bits per heavy atom. The summed E-state index contributed by atoms with van der Waals surface area (Å²) in [5.41, 5.74) is 4.76. The summed E-state index contributed by atoms with van der Waals surface area (Å²) in [5, 5.41) is 11.9. The standard InChI is InChI=1S/C27H35N5O2/c1-31(2)27(12-4-3-5-13-27)19-28-26(33)21-8-11-24-23(18-21)25(30-29-24)20-6-9-22(10-7-20)32-14-16-34-17-15-32/h6-11,18H,3-5,12-17,19H2,1-2H3,(H,28,33)(H,29,30). The van der Waals surface area contributed by atoms with Crippen molar-refractivity contribution in [2.45, 2.75) is 37.6 Å². The van der Waals surface area contributed by atoms with Gasteiger partial charge in [0.1, 0.15) is 0 Å². The van der Waals surface area contributed by atoms with E-state index in [9.17, 15) is 4.79 Å². The van der Waals surface area contributed by atoms with E-state index >= 15 is 0 Å². The van der Waals surface area contributed by atoms with E-state index in [1.165, 1.54) is 24.9 Å². The number of anilines is 1. The van der Waals surface area contributed by atoms with Gasteiger partial charge in [0.05, 0.1) is 24.4 Å².